The van der Waals surface area contributed by atoms with Gasteiger partial charge >= 0.3 is 0 Å². The third-order valence-corrected chi connectivity index (χ3v) is 2.80. The highest BCUT2D eigenvalue weighted by Crippen LogP contribution is 2.31. The smallest absolute Gasteiger partial charge is 0.219 e. The van der Waals surface area contributed by atoms with Crippen LogP contribution in [0, 0.1) is 6.92 Å². The monoisotopic (exact) mass is 297 g/mol. The van der Waals surface area contributed by atoms with Gasteiger partial charge in [0.2, 0.25) is 5.88 Å². The van der Waals surface area contributed by atoms with Gasteiger partial charge < -0.3 is 4.74 Å². The van der Waals surface area contributed by atoms with Crippen molar-refractivity contribution in [2.75, 3.05) is 0 Å². The topological polar surface area (TPSA) is 22.1 Å². The highest BCUT2D eigenvalue weighted by Gasteiger charge is 2.04. The first kappa shape index (κ1) is 11.4. The molecule has 2 rings (SSSR count). The molecule has 0 saturated carbocycles. The number of benzene rings is 1. The predicted molar refractivity (Wildman–Crippen MR) is 68.2 cm³/mol. The minimum atomic E-state index is 0.533. The van der Waals surface area contributed by atoms with Gasteiger partial charge in [-0.2, -0.15) is 0 Å². The number of ether oxygens (including phenoxy) is 1. The molecule has 0 fully saturated rings. The molecule has 0 aliphatic heterocycles. The van der Waals surface area contributed by atoms with Crippen LogP contribution in [0.3, 0.4) is 0 Å². The summed E-state index contributed by atoms with van der Waals surface area (Å²) < 4.78 is 6.49. The second-order valence-corrected chi connectivity index (χ2v) is 4.67. The molecule has 2 nitrogen and oxygen atoms in total. The van der Waals surface area contributed by atoms with Crippen LogP contribution in [0.25, 0.3) is 0 Å². The molecule has 0 N–H and O–H groups in total. The van der Waals surface area contributed by atoms with E-state index >= 15 is 0 Å². The van der Waals surface area contributed by atoms with E-state index in [1.165, 1.54) is 0 Å². The van der Waals surface area contributed by atoms with E-state index in [0.29, 0.717) is 16.7 Å². The molecule has 82 valence electrons. The molecule has 2 aromatic rings. The van der Waals surface area contributed by atoms with Crippen molar-refractivity contribution in [2.45, 2.75) is 6.92 Å². The Morgan fingerprint density at radius 1 is 1.25 bits per heavy atom. The van der Waals surface area contributed by atoms with Crippen molar-refractivity contribution < 1.29 is 4.74 Å². The molecule has 1 aromatic carbocycles. The lowest BCUT2D eigenvalue weighted by Gasteiger charge is -2.06. The van der Waals surface area contributed by atoms with Crippen LogP contribution in [-0.4, -0.2) is 4.98 Å². The second kappa shape index (κ2) is 4.85. The van der Waals surface area contributed by atoms with Crippen LogP contribution >= 0.6 is 27.5 Å². The van der Waals surface area contributed by atoms with E-state index in [9.17, 15) is 0 Å². The van der Waals surface area contributed by atoms with E-state index in [2.05, 4.69) is 20.9 Å². The number of rotatable bonds is 2. The molecule has 0 bridgehead atoms. The molecule has 0 atom stereocenters. The molecule has 0 aliphatic carbocycles. The molecule has 0 unspecified atom stereocenters. The van der Waals surface area contributed by atoms with Crippen LogP contribution in [0.15, 0.2) is 41.0 Å². The van der Waals surface area contributed by atoms with Crippen LogP contribution in [0.5, 0.6) is 11.6 Å². The molecule has 0 aliphatic rings. The van der Waals surface area contributed by atoms with E-state index < -0.39 is 0 Å². The summed E-state index contributed by atoms with van der Waals surface area (Å²) >= 11 is 9.37. The third kappa shape index (κ3) is 2.74. The van der Waals surface area contributed by atoms with Gasteiger partial charge in [-0.25, -0.2) is 4.98 Å². The van der Waals surface area contributed by atoms with Crippen LogP contribution in [-0.2, 0) is 0 Å². The summed E-state index contributed by atoms with van der Waals surface area (Å²) in [6, 6.07) is 9.19. The maximum atomic E-state index is 6.00. The number of halogens is 2. The maximum Gasteiger partial charge on any atom is 0.219 e. The Hall–Kier alpha value is -1.06. The zero-order chi connectivity index (χ0) is 11.5. The number of nitrogens with zero attached hydrogens (tertiary/aromatic N) is 1. The van der Waals surface area contributed by atoms with E-state index in [1.54, 1.807) is 12.3 Å². The van der Waals surface area contributed by atoms with Gasteiger partial charge in [0.25, 0.3) is 0 Å². The van der Waals surface area contributed by atoms with E-state index in [4.69, 9.17) is 16.3 Å². The Labute approximate surface area is 107 Å². The fourth-order valence-corrected chi connectivity index (χ4v) is 1.68. The SMILES string of the molecule is Cc1ccc(Oc2cc(Br)ccc2Cl)nc1. The van der Waals surface area contributed by atoms with Gasteiger partial charge in [-0.1, -0.05) is 33.6 Å². The van der Waals surface area contributed by atoms with Gasteiger partial charge in [0.1, 0.15) is 5.75 Å². The van der Waals surface area contributed by atoms with Gasteiger partial charge in [0.05, 0.1) is 5.02 Å². The highest BCUT2D eigenvalue weighted by atomic mass is 79.9. The summed E-state index contributed by atoms with van der Waals surface area (Å²) in [5.74, 6) is 1.12. The average Bonchev–Trinajstić information content (AvgIpc) is 2.27. The summed E-state index contributed by atoms with van der Waals surface area (Å²) in [7, 11) is 0. The molecule has 4 heteroatoms. The fourth-order valence-electron chi connectivity index (χ4n) is 1.18. The number of aryl methyl sites for hydroxylation is 1. The minimum absolute atomic E-state index is 0.533. The number of aromatic nitrogens is 1. The van der Waals surface area contributed by atoms with Crippen LogP contribution in [0.1, 0.15) is 5.56 Å². The molecule has 16 heavy (non-hydrogen) atoms. The van der Waals surface area contributed by atoms with Gasteiger partial charge in [-0.3, -0.25) is 0 Å². The first-order valence-corrected chi connectivity index (χ1v) is 5.88. The van der Waals surface area contributed by atoms with Crippen molar-refractivity contribution in [2.24, 2.45) is 0 Å². The number of pyridine rings is 1. The van der Waals surface area contributed by atoms with Crippen molar-refractivity contribution in [3.05, 3.63) is 51.6 Å². The van der Waals surface area contributed by atoms with Crippen molar-refractivity contribution in [3.63, 3.8) is 0 Å². The molecular formula is C12H9BrClNO. The summed E-state index contributed by atoms with van der Waals surface area (Å²) in [6.45, 7) is 1.98. The third-order valence-electron chi connectivity index (χ3n) is 1.99. The standard InChI is InChI=1S/C12H9BrClNO/c1-8-2-5-12(15-7-8)16-11-6-9(13)3-4-10(11)14/h2-7H,1H3. The highest BCUT2D eigenvalue weighted by molar-refractivity contribution is 9.10. The Kier molecular flexibility index (Phi) is 3.46. The van der Waals surface area contributed by atoms with Gasteiger partial charge in [-0.05, 0) is 30.7 Å². The first-order chi connectivity index (χ1) is 7.65. The van der Waals surface area contributed by atoms with Gasteiger partial charge in [0, 0.05) is 16.7 Å². The molecule has 0 spiro atoms. The molecule has 0 amide bonds. The van der Waals surface area contributed by atoms with Gasteiger partial charge in [0.15, 0.2) is 0 Å². The van der Waals surface area contributed by atoms with Crippen LogP contribution < -0.4 is 4.74 Å². The first-order valence-electron chi connectivity index (χ1n) is 4.71. The second-order valence-electron chi connectivity index (χ2n) is 3.35. The van der Waals surface area contributed by atoms with Crippen molar-refractivity contribution in [1.29, 1.82) is 0 Å². The molecule has 1 aromatic heterocycles. The van der Waals surface area contributed by atoms with E-state index in [-0.39, 0.29) is 0 Å². The number of hydrogen-bond donors (Lipinski definition) is 0. The zero-order valence-corrected chi connectivity index (χ0v) is 10.9. The van der Waals surface area contributed by atoms with E-state index in [0.717, 1.165) is 10.0 Å². The lowest BCUT2D eigenvalue weighted by atomic mass is 10.3. The lowest BCUT2D eigenvalue weighted by Crippen LogP contribution is -1.88. The normalized spacial score (nSPS) is 10.2. The molecule has 1 heterocycles. The molecular weight excluding hydrogens is 289 g/mol. The van der Waals surface area contributed by atoms with Gasteiger partial charge in [-0.15, -0.1) is 0 Å². The maximum absolute atomic E-state index is 6.00. The predicted octanol–water partition coefficient (Wildman–Crippen LogP) is 4.60. The summed E-state index contributed by atoms with van der Waals surface area (Å²) in [5.41, 5.74) is 1.09. The van der Waals surface area contributed by atoms with E-state index in [1.807, 2.05) is 31.2 Å². The Morgan fingerprint density at radius 2 is 2.06 bits per heavy atom. The molecule has 0 radical (unpaired) electrons. The largest absolute Gasteiger partial charge is 0.437 e. The van der Waals surface area contributed by atoms with Crippen molar-refractivity contribution in [1.82, 2.24) is 4.98 Å². The Bertz CT molecular complexity index is 499. The Balaban J connectivity index is 2.26. The molecule has 0 saturated heterocycles. The zero-order valence-electron chi connectivity index (χ0n) is 8.58. The summed E-state index contributed by atoms with van der Waals surface area (Å²) in [5, 5.41) is 0.561. The minimum Gasteiger partial charge on any atom is -0.437 e. The lowest BCUT2D eigenvalue weighted by molar-refractivity contribution is 0.462. The number of hydrogen-bond acceptors (Lipinski definition) is 2. The summed E-state index contributed by atoms with van der Waals surface area (Å²) in [4.78, 5) is 4.15. The van der Waals surface area contributed by atoms with Crippen LogP contribution in [0.4, 0.5) is 0 Å². The fraction of sp³-hybridized carbons (Fsp3) is 0.0833. The van der Waals surface area contributed by atoms with Crippen molar-refractivity contribution in [3.8, 4) is 11.6 Å². The quantitative estimate of drug-likeness (QED) is 0.808. The average molecular weight is 299 g/mol. The van der Waals surface area contributed by atoms with Crippen molar-refractivity contribution >= 4 is 27.5 Å². The van der Waals surface area contributed by atoms with Crippen LogP contribution in [0.2, 0.25) is 5.02 Å². The summed E-state index contributed by atoms with van der Waals surface area (Å²) in [6.07, 6.45) is 1.75. The Morgan fingerprint density at radius 3 is 2.75 bits per heavy atom.